The van der Waals surface area contributed by atoms with Crippen LogP contribution in [0.3, 0.4) is 0 Å². The largest absolute Gasteiger partial charge is 0.491 e. The number of rotatable bonds is 9. The summed E-state index contributed by atoms with van der Waals surface area (Å²) in [5.41, 5.74) is 12.0. The third kappa shape index (κ3) is 7.31. The van der Waals surface area contributed by atoms with Crippen LogP contribution in [0.1, 0.15) is 25.3 Å². The van der Waals surface area contributed by atoms with Crippen molar-refractivity contribution in [3.05, 3.63) is 29.8 Å². The number of aryl methyl sites for hydroxylation is 1. The van der Waals surface area contributed by atoms with E-state index >= 15 is 0 Å². The molecule has 0 aliphatic rings. The Morgan fingerprint density at radius 1 is 1.33 bits per heavy atom. The number of nitrogens with zero attached hydrogens (tertiary/aromatic N) is 1. The molecule has 0 bridgehead atoms. The molecule has 0 aliphatic carbocycles. The summed E-state index contributed by atoms with van der Waals surface area (Å²) in [5.74, 6) is 0.178. The van der Waals surface area contributed by atoms with Crippen molar-refractivity contribution < 1.29 is 14.6 Å². The molecule has 5 N–H and O–H groups in total. The Hall–Kier alpha value is -2.08. The van der Waals surface area contributed by atoms with Gasteiger partial charge < -0.3 is 21.3 Å². The SMILES string of the molecule is CC(N)=NCCCCc1ccc(OC[C@H](N)C(=O)O)cc1. The first kappa shape index (κ1) is 17.0. The predicted octanol–water partition coefficient (Wildman–Crippen LogP) is 1.18. The number of carbonyl (C=O) groups is 1. The van der Waals surface area contributed by atoms with Crippen molar-refractivity contribution in [3.63, 3.8) is 0 Å². The summed E-state index contributed by atoms with van der Waals surface area (Å²) in [6, 6.07) is 6.59. The molecule has 1 rings (SSSR count). The molecule has 6 nitrogen and oxygen atoms in total. The fourth-order valence-electron chi connectivity index (χ4n) is 1.71. The number of carboxylic acids is 1. The molecule has 116 valence electrons. The van der Waals surface area contributed by atoms with E-state index in [2.05, 4.69) is 4.99 Å². The van der Waals surface area contributed by atoms with Crippen molar-refractivity contribution in [1.29, 1.82) is 0 Å². The van der Waals surface area contributed by atoms with E-state index in [0.29, 0.717) is 11.6 Å². The Bertz CT molecular complexity index is 468. The molecule has 0 saturated carbocycles. The minimum atomic E-state index is -1.07. The molecule has 0 fully saturated rings. The summed E-state index contributed by atoms with van der Waals surface area (Å²) in [5, 5.41) is 8.66. The molecule has 0 aromatic heterocycles. The molecule has 0 aliphatic heterocycles. The molecular weight excluding hydrogens is 270 g/mol. The van der Waals surface area contributed by atoms with Gasteiger partial charge in [0, 0.05) is 6.54 Å². The molecular formula is C15H23N3O3. The topological polar surface area (TPSA) is 111 Å². The van der Waals surface area contributed by atoms with E-state index in [0.717, 1.165) is 25.8 Å². The maximum atomic E-state index is 10.6. The molecule has 6 heteroatoms. The molecule has 0 saturated heterocycles. The molecule has 0 unspecified atom stereocenters. The smallest absolute Gasteiger partial charge is 0.324 e. The minimum absolute atomic E-state index is 0.0366. The number of ether oxygens (including phenoxy) is 1. The summed E-state index contributed by atoms with van der Waals surface area (Å²) in [6.07, 6.45) is 3.01. The van der Waals surface area contributed by atoms with Crippen LogP contribution in [0.25, 0.3) is 0 Å². The van der Waals surface area contributed by atoms with Gasteiger partial charge in [-0.05, 0) is 43.9 Å². The van der Waals surface area contributed by atoms with Gasteiger partial charge in [0.05, 0.1) is 5.84 Å². The maximum absolute atomic E-state index is 10.6. The highest BCUT2D eigenvalue weighted by atomic mass is 16.5. The van der Waals surface area contributed by atoms with E-state index in [1.54, 1.807) is 6.92 Å². The van der Waals surface area contributed by atoms with Crippen molar-refractivity contribution in [2.75, 3.05) is 13.2 Å². The minimum Gasteiger partial charge on any atom is -0.491 e. The number of unbranched alkanes of at least 4 members (excludes halogenated alkanes) is 1. The zero-order chi connectivity index (χ0) is 15.7. The second-order valence-corrected chi connectivity index (χ2v) is 4.88. The number of amidine groups is 1. The fraction of sp³-hybridized carbons (Fsp3) is 0.467. The number of benzene rings is 1. The van der Waals surface area contributed by atoms with Gasteiger partial charge >= 0.3 is 5.97 Å². The summed E-state index contributed by atoms with van der Waals surface area (Å²) in [6.45, 7) is 2.51. The lowest BCUT2D eigenvalue weighted by Gasteiger charge is -2.09. The average molecular weight is 293 g/mol. The Balaban J connectivity index is 2.30. The second-order valence-electron chi connectivity index (χ2n) is 4.88. The van der Waals surface area contributed by atoms with Gasteiger partial charge in [0.25, 0.3) is 0 Å². The Morgan fingerprint density at radius 2 is 2.00 bits per heavy atom. The van der Waals surface area contributed by atoms with Gasteiger partial charge in [-0.2, -0.15) is 0 Å². The highest BCUT2D eigenvalue weighted by Crippen LogP contribution is 2.14. The normalized spacial score (nSPS) is 13.0. The van der Waals surface area contributed by atoms with Crippen LogP contribution in [0.15, 0.2) is 29.3 Å². The van der Waals surface area contributed by atoms with Crippen LogP contribution in [-0.4, -0.2) is 36.1 Å². The Morgan fingerprint density at radius 3 is 2.57 bits per heavy atom. The summed E-state index contributed by atoms with van der Waals surface area (Å²) >= 11 is 0. The van der Waals surface area contributed by atoms with E-state index < -0.39 is 12.0 Å². The zero-order valence-corrected chi connectivity index (χ0v) is 12.3. The van der Waals surface area contributed by atoms with E-state index in [1.165, 1.54) is 5.56 Å². The summed E-state index contributed by atoms with van der Waals surface area (Å²) in [7, 11) is 0. The van der Waals surface area contributed by atoms with Crippen LogP contribution in [0, 0.1) is 0 Å². The quantitative estimate of drug-likeness (QED) is 0.359. The van der Waals surface area contributed by atoms with Crippen LogP contribution < -0.4 is 16.2 Å². The first-order valence-corrected chi connectivity index (χ1v) is 6.95. The molecule has 1 atom stereocenters. The van der Waals surface area contributed by atoms with Crippen LogP contribution >= 0.6 is 0 Å². The zero-order valence-electron chi connectivity index (χ0n) is 12.3. The summed E-state index contributed by atoms with van der Waals surface area (Å²) < 4.78 is 5.32. The average Bonchev–Trinajstić information content (AvgIpc) is 2.45. The Labute approximate surface area is 124 Å². The molecule has 0 amide bonds. The third-order valence-corrected chi connectivity index (χ3v) is 2.90. The lowest BCUT2D eigenvalue weighted by Crippen LogP contribution is -2.36. The number of carboxylic acid groups (broad SMARTS) is 1. The van der Waals surface area contributed by atoms with E-state index in [9.17, 15) is 4.79 Å². The van der Waals surface area contributed by atoms with Gasteiger partial charge in [-0.1, -0.05) is 12.1 Å². The first-order valence-electron chi connectivity index (χ1n) is 6.95. The molecule has 0 spiro atoms. The van der Waals surface area contributed by atoms with Crippen molar-refractivity contribution in [3.8, 4) is 5.75 Å². The Kier molecular flexibility index (Phi) is 7.25. The van der Waals surface area contributed by atoms with Gasteiger partial charge in [0.2, 0.25) is 0 Å². The molecule has 0 heterocycles. The second kappa shape index (κ2) is 8.97. The lowest BCUT2D eigenvalue weighted by molar-refractivity contribution is -0.139. The highest BCUT2D eigenvalue weighted by Gasteiger charge is 2.11. The molecule has 21 heavy (non-hydrogen) atoms. The van der Waals surface area contributed by atoms with Crippen LogP contribution in [0.5, 0.6) is 5.75 Å². The molecule has 0 radical (unpaired) electrons. The summed E-state index contributed by atoms with van der Waals surface area (Å²) in [4.78, 5) is 14.7. The monoisotopic (exact) mass is 293 g/mol. The number of nitrogens with two attached hydrogens (primary N) is 2. The van der Waals surface area contributed by atoms with Gasteiger partial charge in [-0.15, -0.1) is 0 Å². The van der Waals surface area contributed by atoms with E-state index in [1.807, 2.05) is 24.3 Å². The van der Waals surface area contributed by atoms with Crippen molar-refractivity contribution in [2.24, 2.45) is 16.5 Å². The van der Waals surface area contributed by atoms with E-state index in [4.69, 9.17) is 21.3 Å². The predicted molar refractivity (Wildman–Crippen MR) is 82.6 cm³/mol. The number of hydrogen-bond acceptors (Lipinski definition) is 4. The van der Waals surface area contributed by atoms with Crippen LogP contribution in [0.2, 0.25) is 0 Å². The molecule has 1 aromatic carbocycles. The fourth-order valence-corrected chi connectivity index (χ4v) is 1.71. The van der Waals surface area contributed by atoms with Gasteiger partial charge in [0.1, 0.15) is 18.4 Å². The van der Waals surface area contributed by atoms with Crippen molar-refractivity contribution >= 4 is 11.8 Å². The first-order chi connectivity index (χ1) is 9.99. The number of aliphatic imine (C=N–C) groups is 1. The third-order valence-electron chi connectivity index (χ3n) is 2.90. The van der Waals surface area contributed by atoms with Gasteiger partial charge in [-0.25, -0.2) is 0 Å². The maximum Gasteiger partial charge on any atom is 0.324 e. The lowest BCUT2D eigenvalue weighted by atomic mass is 10.1. The van der Waals surface area contributed by atoms with Gasteiger partial charge in [-0.3, -0.25) is 9.79 Å². The number of hydrogen-bond donors (Lipinski definition) is 3. The van der Waals surface area contributed by atoms with Gasteiger partial charge in [0.15, 0.2) is 0 Å². The van der Waals surface area contributed by atoms with Crippen LogP contribution in [-0.2, 0) is 11.2 Å². The molecule has 1 aromatic rings. The van der Waals surface area contributed by atoms with Crippen molar-refractivity contribution in [1.82, 2.24) is 0 Å². The highest BCUT2D eigenvalue weighted by molar-refractivity contribution is 5.77. The standard InChI is InChI=1S/C15H23N3O3/c1-11(16)18-9-3-2-4-12-5-7-13(8-6-12)21-10-14(17)15(19)20/h5-8,14H,2-4,9-10,17H2,1H3,(H2,16,18)(H,19,20)/t14-/m0/s1. The van der Waals surface area contributed by atoms with E-state index in [-0.39, 0.29) is 6.61 Å². The van der Waals surface area contributed by atoms with Crippen LogP contribution in [0.4, 0.5) is 0 Å². The van der Waals surface area contributed by atoms with Crippen molar-refractivity contribution in [2.45, 2.75) is 32.2 Å². The number of aliphatic carboxylic acids is 1.